The summed E-state index contributed by atoms with van der Waals surface area (Å²) >= 11 is 0. The fourth-order valence-electron chi connectivity index (χ4n) is 4.37. The summed E-state index contributed by atoms with van der Waals surface area (Å²) in [5, 5.41) is 2.90. The third-order valence-electron chi connectivity index (χ3n) is 6.76. The molecule has 8 nitrogen and oxygen atoms in total. The number of nitrogens with one attached hydrogen (secondary N) is 1. The number of ether oxygens (including phenoxy) is 1. The lowest BCUT2D eigenvalue weighted by Gasteiger charge is -2.32. The maximum atomic E-state index is 14.0. The van der Waals surface area contributed by atoms with E-state index in [0.717, 1.165) is 33.8 Å². The van der Waals surface area contributed by atoms with E-state index in [9.17, 15) is 18.0 Å². The average molecular weight is 580 g/mol. The lowest BCUT2D eigenvalue weighted by Crippen LogP contribution is -2.51. The van der Waals surface area contributed by atoms with Crippen LogP contribution in [-0.2, 0) is 26.2 Å². The van der Waals surface area contributed by atoms with Gasteiger partial charge >= 0.3 is 0 Å². The highest BCUT2D eigenvalue weighted by Gasteiger charge is 2.32. The number of unbranched alkanes of at least 4 members (excludes halogenated alkanes) is 1. The van der Waals surface area contributed by atoms with Gasteiger partial charge in [-0.15, -0.1) is 0 Å². The van der Waals surface area contributed by atoms with E-state index in [-0.39, 0.29) is 17.3 Å². The molecule has 0 aliphatic carbocycles. The number of hydrogen-bond donors (Lipinski definition) is 1. The average Bonchev–Trinajstić information content (AvgIpc) is 2.95. The molecule has 220 valence electrons. The third-order valence-corrected chi connectivity index (χ3v) is 8.54. The van der Waals surface area contributed by atoms with Crippen molar-refractivity contribution in [1.29, 1.82) is 0 Å². The standard InChI is InChI=1S/C32H41N3O5S/c1-6-8-20-33-32(37)26(5)34(22-27-11-9-10-25(4)21-27)31(36)23-35(28-14-16-29(17-15-28)40-7-2)41(38,39)30-18-12-24(3)13-19-30/h9-19,21,26H,6-8,20,22-23H2,1-5H3,(H,33,37)/t26-/m0/s1. The number of hydrogen-bond acceptors (Lipinski definition) is 5. The number of rotatable bonds is 14. The second-order valence-electron chi connectivity index (χ2n) is 10.1. The van der Waals surface area contributed by atoms with Crippen LogP contribution in [0.25, 0.3) is 0 Å². The van der Waals surface area contributed by atoms with Gasteiger partial charge in [0.25, 0.3) is 10.0 Å². The largest absolute Gasteiger partial charge is 0.494 e. The zero-order chi connectivity index (χ0) is 30.0. The second kappa shape index (κ2) is 14.7. The van der Waals surface area contributed by atoms with Crippen LogP contribution in [0.1, 0.15) is 50.3 Å². The minimum atomic E-state index is -4.12. The highest BCUT2D eigenvalue weighted by Crippen LogP contribution is 2.27. The monoisotopic (exact) mass is 579 g/mol. The summed E-state index contributed by atoms with van der Waals surface area (Å²) in [6.07, 6.45) is 1.75. The van der Waals surface area contributed by atoms with E-state index in [1.807, 2.05) is 52.0 Å². The van der Waals surface area contributed by atoms with E-state index in [2.05, 4.69) is 5.32 Å². The molecule has 0 aromatic heterocycles. The first kappa shape index (κ1) is 31.7. The van der Waals surface area contributed by atoms with Crippen LogP contribution >= 0.6 is 0 Å². The molecule has 0 fully saturated rings. The van der Waals surface area contributed by atoms with Crippen LogP contribution in [0.5, 0.6) is 5.75 Å². The van der Waals surface area contributed by atoms with Crippen molar-refractivity contribution in [2.75, 3.05) is 24.0 Å². The fraction of sp³-hybridized carbons (Fsp3) is 0.375. The summed E-state index contributed by atoms with van der Waals surface area (Å²) in [5.41, 5.74) is 3.10. The molecule has 0 saturated heterocycles. The van der Waals surface area contributed by atoms with Crippen LogP contribution in [0.3, 0.4) is 0 Å². The Morgan fingerprint density at radius 2 is 1.61 bits per heavy atom. The highest BCUT2D eigenvalue weighted by molar-refractivity contribution is 7.92. The summed E-state index contributed by atoms with van der Waals surface area (Å²) in [4.78, 5) is 28.6. The Bertz CT molecular complexity index is 1410. The summed E-state index contributed by atoms with van der Waals surface area (Å²) in [7, 11) is -4.12. The smallest absolute Gasteiger partial charge is 0.264 e. The Morgan fingerprint density at radius 1 is 0.927 bits per heavy atom. The Labute approximate surface area is 244 Å². The minimum Gasteiger partial charge on any atom is -0.494 e. The fourth-order valence-corrected chi connectivity index (χ4v) is 5.78. The maximum Gasteiger partial charge on any atom is 0.264 e. The molecule has 0 aliphatic heterocycles. The van der Waals surface area contributed by atoms with Gasteiger partial charge in [-0.25, -0.2) is 8.42 Å². The zero-order valence-corrected chi connectivity index (χ0v) is 25.4. The zero-order valence-electron chi connectivity index (χ0n) is 24.6. The number of sulfonamides is 1. The summed E-state index contributed by atoms with van der Waals surface area (Å²) in [6.45, 7) is 10.0. The lowest BCUT2D eigenvalue weighted by molar-refractivity contribution is -0.139. The molecule has 0 bridgehead atoms. The summed E-state index contributed by atoms with van der Waals surface area (Å²) in [6, 6.07) is 20.0. The lowest BCUT2D eigenvalue weighted by atomic mass is 10.1. The van der Waals surface area contributed by atoms with Crippen LogP contribution in [0.2, 0.25) is 0 Å². The first-order valence-electron chi connectivity index (χ1n) is 14.0. The van der Waals surface area contributed by atoms with Gasteiger partial charge in [-0.1, -0.05) is 60.9 Å². The van der Waals surface area contributed by atoms with Crippen LogP contribution in [-0.4, -0.2) is 50.9 Å². The van der Waals surface area contributed by atoms with Gasteiger partial charge < -0.3 is 15.0 Å². The number of aryl methyl sites for hydroxylation is 2. The number of benzene rings is 3. The van der Waals surface area contributed by atoms with Gasteiger partial charge in [0, 0.05) is 13.1 Å². The van der Waals surface area contributed by atoms with Crippen molar-refractivity contribution in [3.63, 3.8) is 0 Å². The van der Waals surface area contributed by atoms with E-state index in [4.69, 9.17) is 4.74 Å². The van der Waals surface area contributed by atoms with E-state index >= 15 is 0 Å². The molecule has 3 aromatic rings. The van der Waals surface area contributed by atoms with E-state index in [0.29, 0.717) is 24.6 Å². The summed E-state index contributed by atoms with van der Waals surface area (Å²) < 4.78 is 34.5. The Morgan fingerprint density at radius 3 is 2.22 bits per heavy atom. The molecule has 1 N–H and O–H groups in total. The van der Waals surface area contributed by atoms with Crippen LogP contribution < -0.4 is 14.4 Å². The van der Waals surface area contributed by atoms with Crippen molar-refractivity contribution in [3.8, 4) is 5.75 Å². The van der Waals surface area contributed by atoms with Crippen molar-refractivity contribution in [1.82, 2.24) is 10.2 Å². The van der Waals surface area contributed by atoms with Gasteiger partial charge in [-0.2, -0.15) is 0 Å². The van der Waals surface area contributed by atoms with Gasteiger partial charge in [-0.3, -0.25) is 13.9 Å². The van der Waals surface area contributed by atoms with Gasteiger partial charge in [0.1, 0.15) is 18.3 Å². The van der Waals surface area contributed by atoms with Crippen molar-refractivity contribution in [3.05, 3.63) is 89.5 Å². The normalized spacial score (nSPS) is 11.9. The predicted octanol–water partition coefficient (Wildman–Crippen LogP) is 5.23. The molecule has 0 spiro atoms. The molecular formula is C32H41N3O5S. The Kier molecular flexibility index (Phi) is 11.3. The third kappa shape index (κ3) is 8.57. The maximum absolute atomic E-state index is 14.0. The molecule has 0 heterocycles. The molecule has 41 heavy (non-hydrogen) atoms. The van der Waals surface area contributed by atoms with Crippen molar-refractivity contribution < 1.29 is 22.7 Å². The van der Waals surface area contributed by atoms with E-state index in [1.54, 1.807) is 43.3 Å². The van der Waals surface area contributed by atoms with Crippen LogP contribution in [0.15, 0.2) is 77.7 Å². The van der Waals surface area contributed by atoms with Gasteiger partial charge in [-0.05, 0) is 76.1 Å². The molecular weight excluding hydrogens is 538 g/mol. The summed E-state index contributed by atoms with van der Waals surface area (Å²) in [5.74, 6) is -0.184. The van der Waals surface area contributed by atoms with Crippen LogP contribution in [0, 0.1) is 13.8 Å². The van der Waals surface area contributed by atoms with Gasteiger partial charge in [0.2, 0.25) is 11.8 Å². The quantitative estimate of drug-likeness (QED) is 0.264. The molecule has 0 radical (unpaired) electrons. The minimum absolute atomic E-state index is 0.0698. The van der Waals surface area contributed by atoms with Crippen molar-refractivity contribution >= 4 is 27.5 Å². The molecule has 3 aromatic carbocycles. The molecule has 9 heteroatoms. The number of amides is 2. The number of carbonyl (C=O) groups is 2. The first-order chi connectivity index (χ1) is 19.6. The van der Waals surface area contributed by atoms with Gasteiger partial charge in [0.15, 0.2) is 0 Å². The predicted molar refractivity (Wildman–Crippen MR) is 162 cm³/mol. The molecule has 3 rings (SSSR count). The Hall–Kier alpha value is -3.85. The van der Waals surface area contributed by atoms with E-state index in [1.165, 1.54) is 17.0 Å². The number of anilines is 1. The SMILES string of the molecule is CCCCNC(=O)[C@H](C)N(Cc1cccc(C)c1)C(=O)CN(c1ccc(OCC)cc1)S(=O)(=O)c1ccc(C)cc1. The van der Waals surface area contributed by atoms with E-state index < -0.39 is 28.5 Å². The van der Waals surface area contributed by atoms with Gasteiger partial charge in [0.05, 0.1) is 17.2 Å². The Balaban J connectivity index is 2.00. The van der Waals surface area contributed by atoms with Crippen LogP contribution in [0.4, 0.5) is 5.69 Å². The molecule has 1 atom stereocenters. The van der Waals surface area contributed by atoms with Crippen molar-refractivity contribution in [2.45, 2.75) is 64.9 Å². The first-order valence-corrected chi connectivity index (χ1v) is 15.5. The molecule has 0 saturated carbocycles. The molecule has 0 unspecified atom stereocenters. The molecule has 0 aliphatic rings. The highest BCUT2D eigenvalue weighted by atomic mass is 32.2. The number of carbonyl (C=O) groups excluding carboxylic acids is 2. The van der Waals surface area contributed by atoms with Crippen molar-refractivity contribution in [2.24, 2.45) is 0 Å². The topological polar surface area (TPSA) is 96.0 Å². The second-order valence-corrected chi connectivity index (χ2v) is 11.9. The number of nitrogens with zero attached hydrogens (tertiary/aromatic N) is 2. The molecule has 2 amide bonds.